The molecule has 2 aromatic rings. The van der Waals surface area contributed by atoms with Crippen LogP contribution in [0.4, 0.5) is 0 Å². The van der Waals surface area contributed by atoms with Crippen molar-refractivity contribution in [2.75, 3.05) is 0 Å². The van der Waals surface area contributed by atoms with E-state index in [1.807, 2.05) is 26.0 Å². The van der Waals surface area contributed by atoms with Gasteiger partial charge in [-0.2, -0.15) is 5.10 Å². The molecule has 1 aromatic heterocycles. The van der Waals surface area contributed by atoms with E-state index >= 15 is 0 Å². The van der Waals surface area contributed by atoms with Gasteiger partial charge in [0.15, 0.2) is 0 Å². The van der Waals surface area contributed by atoms with Crippen LogP contribution in [-0.2, 0) is 6.42 Å². The summed E-state index contributed by atoms with van der Waals surface area (Å²) < 4.78 is 0.928. The highest BCUT2D eigenvalue weighted by molar-refractivity contribution is 9.10. The summed E-state index contributed by atoms with van der Waals surface area (Å²) in [6, 6.07) is 6.09. The van der Waals surface area contributed by atoms with E-state index in [1.54, 1.807) is 0 Å². The number of H-pyrrole nitrogens is 1. The Kier molecular flexibility index (Phi) is 2.56. The number of fused-ring (bicyclic) bond motifs is 1. The van der Waals surface area contributed by atoms with Gasteiger partial charge in [0.25, 0.3) is 0 Å². The highest BCUT2D eigenvalue weighted by Gasteiger charge is 2.15. The van der Waals surface area contributed by atoms with E-state index in [9.17, 15) is 0 Å². The molecule has 0 saturated carbocycles. The Morgan fingerprint density at radius 1 is 1.47 bits per heavy atom. The molecule has 3 N–H and O–H groups in total. The number of nitrogens with zero attached hydrogens (tertiary/aromatic N) is 1. The molecule has 1 aromatic carbocycles. The Bertz CT molecular complexity index is 482. The molecule has 15 heavy (non-hydrogen) atoms. The van der Waals surface area contributed by atoms with Crippen molar-refractivity contribution in [2.24, 2.45) is 5.73 Å². The molecule has 0 radical (unpaired) electrons. The molecule has 0 aliphatic rings. The lowest BCUT2D eigenvalue weighted by molar-refractivity contribution is 0.518. The highest BCUT2D eigenvalue weighted by Crippen LogP contribution is 2.26. The van der Waals surface area contributed by atoms with E-state index in [0.29, 0.717) is 0 Å². The molecule has 4 heteroatoms. The molecule has 0 fully saturated rings. The van der Waals surface area contributed by atoms with Gasteiger partial charge in [-0.3, -0.25) is 5.10 Å². The van der Waals surface area contributed by atoms with Gasteiger partial charge in [-0.25, -0.2) is 0 Å². The molecule has 80 valence electrons. The second-order valence-electron chi connectivity index (χ2n) is 4.51. The Morgan fingerprint density at radius 2 is 2.20 bits per heavy atom. The quantitative estimate of drug-likeness (QED) is 0.879. The smallest absolute Gasteiger partial charge is 0.109 e. The fourth-order valence-corrected chi connectivity index (χ4v) is 2.28. The Balaban J connectivity index is 2.55. The second-order valence-corrected chi connectivity index (χ2v) is 5.31. The minimum Gasteiger partial charge on any atom is -0.325 e. The first-order valence-corrected chi connectivity index (χ1v) is 5.67. The normalized spacial score (nSPS) is 12.3. The zero-order valence-corrected chi connectivity index (χ0v) is 10.4. The van der Waals surface area contributed by atoms with Gasteiger partial charge in [-0.1, -0.05) is 12.1 Å². The third kappa shape index (κ3) is 2.21. The Labute approximate surface area is 97.2 Å². The highest BCUT2D eigenvalue weighted by atomic mass is 79.9. The van der Waals surface area contributed by atoms with Crippen LogP contribution in [0, 0.1) is 0 Å². The van der Waals surface area contributed by atoms with Crippen LogP contribution in [-0.4, -0.2) is 15.7 Å². The van der Waals surface area contributed by atoms with Crippen molar-refractivity contribution in [2.45, 2.75) is 25.8 Å². The van der Waals surface area contributed by atoms with Gasteiger partial charge >= 0.3 is 0 Å². The largest absolute Gasteiger partial charge is 0.325 e. The van der Waals surface area contributed by atoms with Crippen LogP contribution >= 0.6 is 15.9 Å². The topological polar surface area (TPSA) is 54.7 Å². The molecular weight excluding hydrogens is 254 g/mol. The first-order valence-electron chi connectivity index (χ1n) is 4.88. The van der Waals surface area contributed by atoms with Gasteiger partial charge in [0.1, 0.15) is 4.60 Å². The van der Waals surface area contributed by atoms with Crippen LogP contribution in [0.3, 0.4) is 0 Å². The molecule has 2 rings (SSSR count). The van der Waals surface area contributed by atoms with Gasteiger partial charge in [0.05, 0.1) is 5.52 Å². The van der Waals surface area contributed by atoms with Crippen molar-refractivity contribution >= 4 is 26.8 Å². The predicted octanol–water partition coefficient (Wildman–Crippen LogP) is 2.61. The number of aromatic amines is 1. The van der Waals surface area contributed by atoms with Gasteiger partial charge < -0.3 is 5.73 Å². The van der Waals surface area contributed by atoms with Crippen molar-refractivity contribution in [1.29, 1.82) is 0 Å². The lowest BCUT2D eigenvalue weighted by Gasteiger charge is -2.18. The molecular formula is C11H14BrN3. The Morgan fingerprint density at radius 3 is 2.87 bits per heavy atom. The number of hydrogen-bond acceptors (Lipinski definition) is 2. The lowest BCUT2D eigenvalue weighted by Crippen LogP contribution is -2.34. The van der Waals surface area contributed by atoms with Gasteiger partial charge in [0.2, 0.25) is 0 Å². The number of nitrogens with two attached hydrogens (primary N) is 1. The van der Waals surface area contributed by atoms with E-state index in [-0.39, 0.29) is 5.54 Å². The van der Waals surface area contributed by atoms with Gasteiger partial charge in [0, 0.05) is 10.9 Å². The van der Waals surface area contributed by atoms with Gasteiger partial charge in [-0.15, -0.1) is 0 Å². The maximum absolute atomic E-state index is 6.03. The molecule has 3 nitrogen and oxygen atoms in total. The third-order valence-electron chi connectivity index (χ3n) is 2.27. The molecule has 0 unspecified atom stereocenters. The van der Waals surface area contributed by atoms with E-state index in [2.05, 4.69) is 32.2 Å². The fraction of sp³-hybridized carbons (Fsp3) is 0.364. The monoisotopic (exact) mass is 267 g/mol. The van der Waals surface area contributed by atoms with E-state index in [4.69, 9.17) is 5.73 Å². The summed E-state index contributed by atoms with van der Waals surface area (Å²) in [5.74, 6) is 0. The average molecular weight is 268 g/mol. The number of hydrogen-bond donors (Lipinski definition) is 2. The molecule has 0 saturated heterocycles. The zero-order valence-electron chi connectivity index (χ0n) is 8.84. The van der Waals surface area contributed by atoms with Crippen molar-refractivity contribution in [1.82, 2.24) is 10.2 Å². The van der Waals surface area contributed by atoms with Crippen LogP contribution in [0.5, 0.6) is 0 Å². The fourth-order valence-electron chi connectivity index (χ4n) is 1.74. The standard InChI is InChI=1S/C11H14BrN3/c1-11(2,13)6-7-4-3-5-8-9(7)10(12)15-14-8/h3-5H,6,13H2,1-2H3,(H,14,15). The van der Waals surface area contributed by atoms with Crippen molar-refractivity contribution in [3.8, 4) is 0 Å². The number of aromatic nitrogens is 2. The van der Waals surface area contributed by atoms with Crippen LogP contribution in [0.2, 0.25) is 0 Å². The van der Waals surface area contributed by atoms with Gasteiger partial charge in [-0.05, 0) is 47.8 Å². The van der Waals surface area contributed by atoms with Crippen LogP contribution in [0.1, 0.15) is 19.4 Å². The van der Waals surface area contributed by atoms with Crippen molar-refractivity contribution < 1.29 is 0 Å². The number of halogens is 1. The molecule has 1 heterocycles. The predicted molar refractivity (Wildman–Crippen MR) is 65.8 cm³/mol. The van der Waals surface area contributed by atoms with Crippen LogP contribution in [0.25, 0.3) is 10.9 Å². The molecule has 0 atom stereocenters. The molecule has 0 amide bonds. The van der Waals surface area contributed by atoms with Crippen LogP contribution < -0.4 is 5.73 Å². The Hall–Kier alpha value is -0.870. The van der Waals surface area contributed by atoms with Crippen molar-refractivity contribution in [3.63, 3.8) is 0 Å². The minimum atomic E-state index is -0.203. The first-order chi connectivity index (χ1) is 6.97. The summed E-state index contributed by atoms with van der Waals surface area (Å²) in [6.07, 6.45) is 0.836. The summed E-state index contributed by atoms with van der Waals surface area (Å²) in [7, 11) is 0. The maximum Gasteiger partial charge on any atom is 0.109 e. The first kappa shape index (κ1) is 10.6. The summed E-state index contributed by atoms with van der Waals surface area (Å²) >= 11 is 3.47. The van der Waals surface area contributed by atoms with Crippen molar-refractivity contribution in [3.05, 3.63) is 28.4 Å². The summed E-state index contributed by atoms with van der Waals surface area (Å²) in [6.45, 7) is 4.06. The summed E-state index contributed by atoms with van der Waals surface area (Å²) in [4.78, 5) is 0. The zero-order chi connectivity index (χ0) is 11.1. The summed E-state index contributed by atoms with van der Waals surface area (Å²) in [5.41, 5.74) is 8.03. The lowest BCUT2D eigenvalue weighted by atomic mass is 9.94. The minimum absolute atomic E-state index is 0.203. The number of nitrogens with one attached hydrogen (secondary N) is 1. The van der Waals surface area contributed by atoms with E-state index in [0.717, 1.165) is 21.9 Å². The third-order valence-corrected chi connectivity index (χ3v) is 2.84. The molecule has 0 bridgehead atoms. The maximum atomic E-state index is 6.03. The summed E-state index contributed by atoms with van der Waals surface area (Å²) in [5, 5.41) is 8.26. The molecule has 0 aliphatic carbocycles. The van der Waals surface area contributed by atoms with E-state index < -0.39 is 0 Å². The number of benzene rings is 1. The molecule has 0 spiro atoms. The number of rotatable bonds is 2. The second kappa shape index (κ2) is 3.61. The molecule has 0 aliphatic heterocycles. The SMILES string of the molecule is CC(C)(N)Cc1cccc2n[nH]c(Br)c12. The average Bonchev–Trinajstić information content (AvgIpc) is 2.46. The van der Waals surface area contributed by atoms with E-state index in [1.165, 1.54) is 5.56 Å². The van der Waals surface area contributed by atoms with Crippen LogP contribution in [0.15, 0.2) is 22.8 Å².